The molecule has 0 aromatic carbocycles. The molecular formula is C10H18N4O2S. The number of nitrogens with zero attached hydrogens (tertiary/aromatic N) is 1. The molecule has 1 aromatic rings. The van der Waals surface area contributed by atoms with Gasteiger partial charge in [0.1, 0.15) is 10.7 Å². The third-order valence-electron chi connectivity index (χ3n) is 2.44. The summed E-state index contributed by atoms with van der Waals surface area (Å²) in [5, 5.41) is 7.99. The fourth-order valence-electron chi connectivity index (χ4n) is 1.11. The lowest BCUT2D eigenvalue weighted by Crippen LogP contribution is -2.34. The van der Waals surface area contributed by atoms with E-state index in [0.717, 1.165) is 0 Å². The summed E-state index contributed by atoms with van der Waals surface area (Å²) in [6.07, 6.45) is 1.22. The Morgan fingerprint density at radius 2 is 2.06 bits per heavy atom. The first-order valence-electron chi connectivity index (χ1n) is 5.29. The molecule has 0 aliphatic rings. The molecule has 1 unspecified atom stereocenters. The van der Waals surface area contributed by atoms with E-state index in [4.69, 9.17) is 10.9 Å². The minimum atomic E-state index is -3.68. The largest absolute Gasteiger partial charge is 0.369 e. The lowest BCUT2D eigenvalue weighted by atomic mass is 10.1. The van der Waals surface area contributed by atoms with Crippen molar-refractivity contribution in [2.24, 2.45) is 16.8 Å². The molecule has 0 amide bonds. The van der Waals surface area contributed by atoms with Gasteiger partial charge in [-0.15, -0.1) is 0 Å². The Bertz CT molecular complexity index is 456. The van der Waals surface area contributed by atoms with Crippen LogP contribution in [0.2, 0.25) is 0 Å². The maximum atomic E-state index is 11.0. The van der Waals surface area contributed by atoms with Crippen molar-refractivity contribution in [3.05, 3.63) is 18.3 Å². The number of hydrogen-bond acceptors (Lipinski definition) is 5. The first kappa shape index (κ1) is 13.9. The second-order valence-corrected chi connectivity index (χ2v) is 5.77. The van der Waals surface area contributed by atoms with Gasteiger partial charge in [-0.3, -0.25) is 0 Å². The van der Waals surface area contributed by atoms with E-state index in [0.29, 0.717) is 18.3 Å². The van der Waals surface area contributed by atoms with Crippen molar-refractivity contribution >= 4 is 15.8 Å². The molecule has 0 saturated heterocycles. The van der Waals surface area contributed by atoms with E-state index in [-0.39, 0.29) is 10.9 Å². The molecule has 5 N–H and O–H groups in total. The van der Waals surface area contributed by atoms with Crippen LogP contribution in [0.3, 0.4) is 0 Å². The zero-order valence-electron chi connectivity index (χ0n) is 9.92. The molecule has 0 saturated carbocycles. The highest BCUT2D eigenvalue weighted by molar-refractivity contribution is 7.89. The highest BCUT2D eigenvalue weighted by Gasteiger charge is 2.09. The monoisotopic (exact) mass is 258 g/mol. The Morgan fingerprint density at radius 3 is 2.47 bits per heavy atom. The van der Waals surface area contributed by atoms with Gasteiger partial charge in [0.05, 0.1) is 0 Å². The predicted molar refractivity (Wildman–Crippen MR) is 66.9 cm³/mol. The van der Waals surface area contributed by atoms with Gasteiger partial charge >= 0.3 is 0 Å². The van der Waals surface area contributed by atoms with Gasteiger partial charge in [0, 0.05) is 18.8 Å². The van der Waals surface area contributed by atoms with Crippen LogP contribution in [0.5, 0.6) is 0 Å². The third-order valence-corrected chi connectivity index (χ3v) is 3.34. The van der Waals surface area contributed by atoms with E-state index in [1.54, 1.807) is 6.07 Å². The molecule has 1 aromatic heterocycles. The lowest BCUT2D eigenvalue weighted by Gasteiger charge is -2.16. The number of rotatable bonds is 5. The molecule has 0 aliphatic heterocycles. The number of sulfonamides is 1. The fraction of sp³-hybridized carbons (Fsp3) is 0.500. The molecule has 1 heterocycles. The summed E-state index contributed by atoms with van der Waals surface area (Å²) >= 11 is 0. The summed E-state index contributed by atoms with van der Waals surface area (Å²) in [6.45, 7) is 4.65. The summed E-state index contributed by atoms with van der Waals surface area (Å²) in [5.41, 5.74) is 5.86. The third kappa shape index (κ3) is 4.29. The van der Waals surface area contributed by atoms with Gasteiger partial charge in [0.2, 0.25) is 10.0 Å². The van der Waals surface area contributed by atoms with Crippen molar-refractivity contribution in [1.29, 1.82) is 0 Å². The average Bonchev–Trinajstić information content (AvgIpc) is 2.25. The Morgan fingerprint density at radius 1 is 1.41 bits per heavy atom. The molecule has 0 bridgehead atoms. The smallest absolute Gasteiger partial charge is 0.239 e. The van der Waals surface area contributed by atoms with Crippen molar-refractivity contribution in [3.63, 3.8) is 0 Å². The number of primary sulfonamides is 1. The summed E-state index contributed by atoms with van der Waals surface area (Å²) in [7, 11) is -3.68. The van der Waals surface area contributed by atoms with Crippen molar-refractivity contribution in [1.82, 2.24) is 4.98 Å². The van der Waals surface area contributed by atoms with Crippen LogP contribution in [0.4, 0.5) is 5.82 Å². The summed E-state index contributed by atoms with van der Waals surface area (Å²) in [5.74, 6) is 0.944. The van der Waals surface area contributed by atoms with Crippen molar-refractivity contribution < 1.29 is 8.42 Å². The van der Waals surface area contributed by atoms with E-state index in [2.05, 4.69) is 10.3 Å². The number of nitrogens with one attached hydrogen (secondary N) is 1. The van der Waals surface area contributed by atoms with Crippen LogP contribution in [-0.2, 0) is 10.0 Å². The highest BCUT2D eigenvalue weighted by atomic mass is 32.2. The van der Waals surface area contributed by atoms with E-state index in [9.17, 15) is 8.42 Å². The van der Waals surface area contributed by atoms with Crippen molar-refractivity contribution in [2.45, 2.75) is 24.8 Å². The number of pyridine rings is 1. The normalized spacial score (nSPS) is 13.7. The van der Waals surface area contributed by atoms with Crippen LogP contribution in [-0.4, -0.2) is 26.0 Å². The van der Waals surface area contributed by atoms with Gasteiger partial charge in [-0.2, -0.15) is 0 Å². The highest BCUT2D eigenvalue weighted by Crippen LogP contribution is 2.09. The summed E-state index contributed by atoms with van der Waals surface area (Å²) in [4.78, 5) is 3.95. The van der Waals surface area contributed by atoms with Gasteiger partial charge in [0.25, 0.3) is 0 Å². The maximum Gasteiger partial charge on any atom is 0.239 e. The zero-order chi connectivity index (χ0) is 13.1. The standard InChI is InChI=1S/C10H18N4O2S/c1-7(2)9(11)6-14-10-4-3-8(5-13-10)17(12,15)16/h3-5,7,9H,6,11H2,1-2H3,(H,13,14)(H2,12,15,16). The van der Waals surface area contributed by atoms with Crippen LogP contribution < -0.4 is 16.2 Å². The summed E-state index contributed by atoms with van der Waals surface area (Å²) in [6, 6.07) is 2.99. The molecule has 0 radical (unpaired) electrons. The molecule has 7 heteroatoms. The molecule has 1 rings (SSSR count). The number of hydrogen-bond donors (Lipinski definition) is 3. The minimum Gasteiger partial charge on any atom is -0.369 e. The van der Waals surface area contributed by atoms with Crippen LogP contribution in [0, 0.1) is 5.92 Å². The Labute approximate surface area is 101 Å². The SMILES string of the molecule is CC(C)C(N)CNc1ccc(S(N)(=O)=O)cn1. The second-order valence-electron chi connectivity index (χ2n) is 4.21. The first-order chi connectivity index (χ1) is 7.80. The molecule has 17 heavy (non-hydrogen) atoms. The molecule has 6 nitrogen and oxygen atoms in total. The molecule has 0 aliphatic carbocycles. The van der Waals surface area contributed by atoms with Gasteiger partial charge < -0.3 is 11.1 Å². The Balaban J connectivity index is 2.64. The summed E-state index contributed by atoms with van der Waals surface area (Å²) < 4.78 is 22.0. The van der Waals surface area contributed by atoms with Crippen LogP contribution in [0.25, 0.3) is 0 Å². The molecular weight excluding hydrogens is 240 g/mol. The zero-order valence-corrected chi connectivity index (χ0v) is 10.7. The Hall–Kier alpha value is -1.18. The topological polar surface area (TPSA) is 111 Å². The van der Waals surface area contributed by atoms with Crippen LogP contribution >= 0.6 is 0 Å². The van der Waals surface area contributed by atoms with Gasteiger partial charge in [-0.25, -0.2) is 18.5 Å². The second kappa shape index (κ2) is 5.44. The molecule has 0 fully saturated rings. The van der Waals surface area contributed by atoms with E-state index >= 15 is 0 Å². The molecule has 0 spiro atoms. The maximum absolute atomic E-state index is 11.0. The van der Waals surface area contributed by atoms with Gasteiger partial charge in [-0.05, 0) is 18.1 Å². The number of aromatic nitrogens is 1. The first-order valence-corrected chi connectivity index (χ1v) is 6.83. The quantitative estimate of drug-likeness (QED) is 0.695. The molecule has 96 valence electrons. The van der Waals surface area contributed by atoms with Gasteiger partial charge in [0.15, 0.2) is 0 Å². The number of anilines is 1. The minimum absolute atomic E-state index is 0.00351. The average molecular weight is 258 g/mol. The van der Waals surface area contributed by atoms with Crippen LogP contribution in [0.15, 0.2) is 23.2 Å². The Kier molecular flexibility index (Phi) is 4.44. The lowest BCUT2D eigenvalue weighted by molar-refractivity contribution is 0.511. The van der Waals surface area contributed by atoms with Gasteiger partial charge in [-0.1, -0.05) is 13.8 Å². The van der Waals surface area contributed by atoms with E-state index in [1.165, 1.54) is 12.3 Å². The molecule has 1 atom stereocenters. The van der Waals surface area contributed by atoms with E-state index < -0.39 is 10.0 Å². The van der Waals surface area contributed by atoms with E-state index in [1.807, 2.05) is 13.8 Å². The number of nitrogens with two attached hydrogens (primary N) is 2. The fourth-order valence-corrected chi connectivity index (χ4v) is 1.57. The van der Waals surface area contributed by atoms with Crippen LogP contribution in [0.1, 0.15) is 13.8 Å². The van der Waals surface area contributed by atoms with Crippen molar-refractivity contribution in [3.8, 4) is 0 Å². The predicted octanol–water partition coefficient (Wildman–Crippen LogP) is 0.124. The van der Waals surface area contributed by atoms with Crippen molar-refractivity contribution in [2.75, 3.05) is 11.9 Å².